The molecule has 0 radical (unpaired) electrons. The van der Waals surface area contributed by atoms with Gasteiger partial charge in [-0.2, -0.15) is 0 Å². The lowest BCUT2D eigenvalue weighted by Gasteiger charge is -1.99. The molecule has 0 amide bonds. The standard InChI is InChI=1S/C14H24/c1-12(2)8-6-7-9-14(5)11-10-13(3)4/h9-10H,1,6-8,11H2,2-5H3. The molecule has 0 saturated heterocycles. The highest BCUT2D eigenvalue weighted by Gasteiger charge is 1.89. The van der Waals surface area contributed by atoms with Crippen molar-refractivity contribution in [2.45, 2.75) is 53.4 Å². The second kappa shape index (κ2) is 7.61. The molecule has 0 atom stereocenters. The average molecular weight is 192 g/mol. The van der Waals surface area contributed by atoms with Crippen LogP contribution in [-0.4, -0.2) is 0 Å². The van der Waals surface area contributed by atoms with Crippen LogP contribution in [0.5, 0.6) is 0 Å². The second-order valence-corrected chi connectivity index (χ2v) is 4.39. The molecule has 0 unspecified atom stereocenters. The predicted octanol–water partition coefficient (Wildman–Crippen LogP) is 5.04. The van der Waals surface area contributed by atoms with Gasteiger partial charge in [-0.15, -0.1) is 6.58 Å². The summed E-state index contributed by atoms with van der Waals surface area (Å²) in [5.74, 6) is 0. The number of rotatable bonds is 6. The second-order valence-electron chi connectivity index (χ2n) is 4.39. The van der Waals surface area contributed by atoms with Gasteiger partial charge in [0.2, 0.25) is 0 Å². The molecule has 0 bridgehead atoms. The summed E-state index contributed by atoms with van der Waals surface area (Å²) in [7, 11) is 0. The Morgan fingerprint density at radius 2 is 1.71 bits per heavy atom. The Kier molecular flexibility index (Phi) is 7.18. The Bertz CT molecular complexity index is 224. The van der Waals surface area contributed by atoms with Crippen molar-refractivity contribution in [2.24, 2.45) is 0 Å². The molecule has 0 aromatic carbocycles. The number of hydrogen-bond acceptors (Lipinski definition) is 0. The van der Waals surface area contributed by atoms with Gasteiger partial charge in [0.25, 0.3) is 0 Å². The smallest absolute Gasteiger partial charge is 0.0139 e. The zero-order valence-electron chi connectivity index (χ0n) is 10.2. The van der Waals surface area contributed by atoms with E-state index in [1.165, 1.54) is 29.6 Å². The van der Waals surface area contributed by atoms with E-state index in [4.69, 9.17) is 0 Å². The highest BCUT2D eigenvalue weighted by atomic mass is 14.0. The predicted molar refractivity (Wildman–Crippen MR) is 66.5 cm³/mol. The molecule has 0 heterocycles. The first-order chi connectivity index (χ1) is 6.52. The molecule has 14 heavy (non-hydrogen) atoms. The van der Waals surface area contributed by atoms with E-state index in [9.17, 15) is 0 Å². The molecule has 0 heteroatoms. The van der Waals surface area contributed by atoms with Crippen molar-refractivity contribution in [3.8, 4) is 0 Å². The van der Waals surface area contributed by atoms with E-state index in [-0.39, 0.29) is 0 Å². The maximum atomic E-state index is 3.90. The molecule has 0 aromatic rings. The van der Waals surface area contributed by atoms with Crippen LogP contribution in [0.1, 0.15) is 53.4 Å². The van der Waals surface area contributed by atoms with Gasteiger partial charge in [-0.1, -0.05) is 28.9 Å². The summed E-state index contributed by atoms with van der Waals surface area (Å²) >= 11 is 0. The van der Waals surface area contributed by atoms with Gasteiger partial charge in [-0.25, -0.2) is 0 Å². The number of allylic oxidation sites excluding steroid dienone is 5. The molecule has 0 aliphatic heterocycles. The zero-order valence-corrected chi connectivity index (χ0v) is 10.2. The zero-order chi connectivity index (χ0) is 11.0. The summed E-state index contributed by atoms with van der Waals surface area (Å²) in [5, 5.41) is 0. The van der Waals surface area contributed by atoms with Crippen LogP contribution in [0.15, 0.2) is 35.5 Å². The fraction of sp³-hybridized carbons (Fsp3) is 0.571. The minimum absolute atomic E-state index is 1.11. The van der Waals surface area contributed by atoms with Gasteiger partial charge < -0.3 is 0 Å². The average Bonchev–Trinajstić information content (AvgIpc) is 2.08. The molecular weight excluding hydrogens is 168 g/mol. The van der Waals surface area contributed by atoms with Crippen LogP contribution >= 0.6 is 0 Å². The van der Waals surface area contributed by atoms with Crippen molar-refractivity contribution in [3.63, 3.8) is 0 Å². The topological polar surface area (TPSA) is 0 Å². The van der Waals surface area contributed by atoms with Crippen molar-refractivity contribution in [2.75, 3.05) is 0 Å². The first-order valence-electron chi connectivity index (χ1n) is 5.45. The lowest BCUT2D eigenvalue weighted by atomic mass is 10.1. The molecule has 0 rings (SSSR count). The van der Waals surface area contributed by atoms with Crippen LogP contribution in [0.4, 0.5) is 0 Å². The van der Waals surface area contributed by atoms with Gasteiger partial charge in [0.1, 0.15) is 0 Å². The van der Waals surface area contributed by atoms with E-state index >= 15 is 0 Å². The summed E-state index contributed by atoms with van der Waals surface area (Å²) in [5.41, 5.74) is 4.17. The normalized spacial score (nSPS) is 11.3. The molecular formula is C14H24. The van der Waals surface area contributed by atoms with Crippen LogP contribution < -0.4 is 0 Å². The monoisotopic (exact) mass is 192 g/mol. The first kappa shape index (κ1) is 13.2. The van der Waals surface area contributed by atoms with Gasteiger partial charge in [0, 0.05) is 0 Å². The van der Waals surface area contributed by atoms with E-state index in [0.717, 1.165) is 12.8 Å². The molecule has 80 valence electrons. The maximum absolute atomic E-state index is 3.90. The molecule has 0 fully saturated rings. The van der Waals surface area contributed by atoms with Crippen LogP contribution in [0.2, 0.25) is 0 Å². The third-order valence-electron chi connectivity index (χ3n) is 2.13. The third kappa shape index (κ3) is 9.31. The molecule has 0 N–H and O–H groups in total. The van der Waals surface area contributed by atoms with Gasteiger partial charge in [0.05, 0.1) is 0 Å². The number of hydrogen-bond donors (Lipinski definition) is 0. The fourth-order valence-electron chi connectivity index (χ4n) is 1.20. The minimum atomic E-state index is 1.11. The van der Waals surface area contributed by atoms with Gasteiger partial charge in [-0.3, -0.25) is 0 Å². The summed E-state index contributed by atoms with van der Waals surface area (Å²) in [4.78, 5) is 0. The SMILES string of the molecule is C=C(C)CCCC=C(C)CC=C(C)C. The highest BCUT2D eigenvalue weighted by Crippen LogP contribution is 2.09. The summed E-state index contributed by atoms with van der Waals surface area (Å²) < 4.78 is 0. The van der Waals surface area contributed by atoms with Crippen LogP contribution in [0.25, 0.3) is 0 Å². The van der Waals surface area contributed by atoms with Crippen molar-refractivity contribution in [3.05, 3.63) is 35.5 Å². The lowest BCUT2D eigenvalue weighted by Crippen LogP contribution is -1.78. The third-order valence-corrected chi connectivity index (χ3v) is 2.13. The van der Waals surface area contributed by atoms with E-state index < -0.39 is 0 Å². The highest BCUT2D eigenvalue weighted by molar-refractivity contribution is 5.07. The van der Waals surface area contributed by atoms with Crippen molar-refractivity contribution in [1.82, 2.24) is 0 Å². The van der Waals surface area contributed by atoms with Gasteiger partial charge in [0.15, 0.2) is 0 Å². The van der Waals surface area contributed by atoms with Crippen molar-refractivity contribution >= 4 is 0 Å². The molecule has 0 nitrogen and oxygen atoms in total. The van der Waals surface area contributed by atoms with Gasteiger partial charge in [-0.05, 0) is 53.4 Å². The van der Waals surface area contributed by atoms with Crippen molar-refractivity contribution in [1.29, 1.82) is 0 Å². The van der Waals surface area contributed by atoms with Crippen LogP contribution in [-0.2, 0) is 0 Å². The minimum Gasteiger partial charge on any atom is -0.100 e. The molecule has 0 aliphatic carbocycles. The van der Waals surface area contributed by atoms with E-state index in [2.05, 4.69) is 46.4 Å². The van der Waals surface area contributed by atoms with E-state index in [1.54, 1.807) is 0 Å². The summed E-state index contributed by atoms with van der Waals surface area (Å²) in [6, 6.07) is 0. The summed E-state index contributed by atoms with van der Waals surface area (Å²) in [6.07, 6.45) is 9.32. The Labute approximate surface area is 89.4 Å². The molecule has 0 aromatic heterocycles. The van der Waals surface area contributed by atoms with Crippen LogP contribution in [0, 0.1) is 0 Å². The Hall–Kier alpha value is -0.780. The largest absolute Gasteiger partial charge is 0.100 e. The van der Waals surface area contributed by atoms with Gasteiger partial charge >= 0.3 is 0 Å². The summed E-state index contributed by atoms with van der Waals surface area (Å²) in [6.45, 7) is 12.5. The Morgan fingerprint density at radius 1 is 1.07 bits per heavy atom. The van der Waals surface area contributed by atoms with Crippen molar-refractivity contribution < 1.29 is 0 Å². The molecule has 0 spiro atoms. The van der Waals surface area contributed by atoms with E-state index in [1.807, 2.05) is 0 Å². The first-order valence-corrected chi connectivity index (χ1v) is 5.45. The van der Waals surface area contributed by atoms with Crippen LogP contribution in [0.3, 0.4) is 0 Å². The molecule has 0 aliphatic rings. The quantitative estimate of drug-likeness (QED) is 0.409. The lowest BCUT2D eigenvalue weighted by molar-refractivity contribution is 0.828. The molecule has 0 saturated carbocycles. The van der Waals surface area contributed by atoms with E-state index in [0.29, 0.717) is 0 Å². The maximum Gasteiger partial charge on any atom is -0.0139 e. The number of unbranched alkanes of at least 4 members (excludes halogenated alkanes) is 1. The Morgan fingerprint density at radius 3 is 2.21 bits per heavy atom. The Balaban J connectivity index is 3.66. The fourth-order valence-corrected chi connectivity index (χ4v) is 1.20.